The third-order valence-electron chi connectivity index (χ3n) is 14.2. The standard InChI is InChI=1S/C48H54FN3O7Si/c1-8-20-50-39-33-24-30-23-31-36(42(56-25-27-15-11-9-12-16-27)32-22-29-19-21-52(5)40(29)35(32)38(31)49)41(53)34(30)44(54)48(33,59-60(6,7)47(2,3)4)45(55)37-43(39)58-51-46(37)57-26-28-17-13-10-14-18-28/h8-18,29-30,33,39-40,50,54H,1,19-26H2,2-7H3/t29?,30-,33-,39-,40?,48?/m0/s1. The molecule has 6 atom stereocenters. The van der Waals surface area contributed by atoms with E-state index in [4.69, 9.17) is 18.4 Å². The number of ketones is 2. The maximum absolute atomic E-state index is 17.5. The molecule has 314 valence electrons. The van der Waals surface area contributed by atoms with Crippen molar-refractivity contribution in [3.63, 3.8) is 0 Å². The Morgan fingerprint density at radius 1 is 1.02 bits per heavy atom. The molecule has 0 radical (unpaired) electrons. The summed E-state index contributed by atoms with van der Waals surface area (Å²) in [5.74, 6) is -2.53. The van der Waals surface area contributed by atoms with Gasteiger partial charge in [0.1, 0.15) is 36.1 Å². The average Bonchev–Trinajstić information content (AvgIpc) is 3.93. The zero-order chi connectivity index (χ0) is 42.3. The molecule has 9 rings (SSSR count). The molecule has 1 saturated heterocycles. The van der Waals surface area contributed by atoms with E-state index < -0.39 is 54.2 Å². The molecule has 60 heavy (non-hydrogen) atoms. The molecule has 2 heterocycles. The molecule has 3 aromatic carbocycles. The van der Waals surface area contributed by atoms with E-state index in [-0.39, 0.29) is 72.2 Å². The zero-order valence-corrected chi connectivity index (χ0v) is 36.3. The molecule has 0 bridgehead atoms. The third-order valence-corrected chi connectivity index (χ3v) is 18.7. The number of likely N-dealkylation sites (tertiary alicyclic amines) is 1. The van der Waals surface area contributed by atoms with Crippen molar-refractivity contribution in [1.29, 1.82) is 0 Å². The van der Waals surface area contributed by atoms with Gasteiger partial charge < -0.3 is 28.8 Å². The van der Waals surface area contributed by atoms with Gasteiger partial charge in [-0.05, 0) is 85.5 Å². The van der Waals surface area contributed by atoms with Crippen LogP contribution < -0.4 is 14.8 Å². The van der Waals surface area contributed by atoms with Crippen LogP contribution in [0, 0.1) is 23.6 Å². The molecule has 4 aromatic rings. The number of benzene rings is 3. The number of nitrogens with one attached hydrogen (secondary N) is 1. The minimum absolute atomic E-state index is 0.0223. The highest BCUT2D eigenvalue weighted by atomic mass is 28.4. The molecule has 12 heteroatoms. The molecule has 2 N–H and O–H groups in total. The molecule has 10 nitrogen and oxygen atoms in total. The maximum atomic E-state index is 17.5. The van der Waals surface area contributed by atoms with Gasteiger partial charge in [0.25, 0.3) is 5.88 Å². The van der Waals surface area contributed by atoms with Gasteiger partial charge in [-0.15, -0.1) is 6.58 Å². The molecule has 3 unspecified atom stereocenters. The van der Waals surface area contributed by atoms with Crippen LogP contribution in [0.15, 0.2) is 89.2 Å². The number of ether oxygens (including phenoxy) is 2. The van der Waals surface area contributed by atoms with Crippen LogP contribution in [0.2, 0.25) is 18.1 Å². The van der Waals surface area contributed by atoms with Crippen LogP contribution in [0.5, 0.6) is 11.6 Å². The van der Waals surface area contributed by atoms with E-state index in [1.165, 1.54) is 0 Å². The highest BCUT2D eigenvalue weighted by molar-refractivity contribution is 6.74. The molecule has 5 aliphatic rings. The van der Waals surface area contributed by atoms with Crippen molar-refractivity contribution < 1.29 is 37.5 Å². The van der Waals surface area contributed by atoms with Gasteiger partial charge in [-0.2, -0.15) is 0 Å². The van der Waals surface area contributed by atoms with Crippen molar-refractivity contribution in [2.45, 2.75) is 95.5 Å². The van der Waals surface area contributed by atoms with Crippen molar-refractivity contribution in [2.75, 3.05) is 20.1 Å². The molecular formula is C48H54FN3O7Si. The first-order valence-electron chi connectivity index (χ1n) is 21.2. The van der Waals surface area contributed by atoms with Gasteiger partial charge in [0.15, 0.2) is 25.5 Å². The number of Topliss-reactive ketones (excluding diaryl/α,β-unsaturated/α-hetero) is 2. The quantitative estimate of drug-likeness (QED) is 0.112. The average molecular weight is 832 g/mol. The maximum Gasteiger partial charge on any atom is 0.265 e. The number of hydrogen-bond acceptors (Lipinski definition) is 10. The number of allylic oxidation sites excluding steroid dienone is 1. The van der Waals surface area contributed by atoms with E-state index in [1.807, 2.05) is 80.8 Å². The second-order valence-corrected chi connectivity index (χ2v) is 23.5. The predicted molar refractivity (Wildman–Crippen MR) is 227 cm³/mol. The van der Waals surface area contributed by atoms with Crippen LogP contribution in [0.3, 0.4) is 0 Å². The summed E-state index contributed by atoms with van der Waals surface area (Å²) in [4.78, 5) is 33.4. The van der Waals surface area contributed by atoms with E-state index >= 15 is 14.0 Å². The Morgan fingerprint density at radius 2 is 1.68 bits per heavy atom. The number of hydrogen-bond donors (Lipinski definition) is 2. The molecule has 1 aromatic heterocycles. The number of aliphatic hydroxyl groups is 1. The Kier molecular flexibility index (Phi) is 10.1. The van der Waals surface area contributed by atoms with Crippen molar-refractivity contribution in [3.8, 4) is 11.6 Å². The van der Waals surface area contributed by atoms with Crippen LogP contribution in [0.25, 0.3) is 0 Å². The second-order valence-electron chi connectivity index (χ2n) is 18.8. The highest BCUT2D eigenvalue weighted by Crippen LogP contribution is 2.60. The van der Waals surface area contributed by atoms with Gasteiger partial charge in [-0.25, -0.2) is 4.39 Å². The van der Waals surface area contributed by atoms with E-state index in [9.17, 15) is 5.11 Å². The lowest BCUT2D eigenvalue weighted by molar-refractivity contribution is -0.0319. The number of carbonyl (C=O) groups excluding carboxylic acids is 2. The van der Waals surface area contributed by atoms with Crippen LogP contribution in [-0.4, -0.2) is 60.8 Å². The lowest BCUT2D eigenvalue weighted by Gasteiger charge is -2.54. The predicted octanol–water partition coefficient (Wildman–Crippen LogP) is 9.18. The lowest BCUT2D eigenvalue weighted by Crippen LogP contribution is -2.65. The normalized spacial score (nSPS) is 25.9. The fourth-order valence-corrected chi connectivity index (χ4v) is 11.8. The Balaban J connectivity index is 1.24. The van der Waals surface area contributed by atoms with Gasteiger partial charge in [-0.3, -0.25) is 14.5 Å². The molecular weight excluding hydrogens is 778 g/mol. The van der Waals surface area contributed by atoms with Gasteiger partial charge in [0, 0.05) is 40.8 Å². The first-order chi connectivity index (χ1) is 28.7. The van der Waals surface area contributed by atoms with Crippen molar-refractivity contribution in [2.24, 2.45) is 17.8 Å². The van der Waals surface area contributed by atoms with Crippen LogP contribution in [-0.2, 0) is 30.5 Å². The first-order valence-corrected chi connectivity index (χ1v) is 24.1. The van der Waals surface area contributed by atoms with Crippen molar-refractivity contribution in [3.05, 3.63) is 135 Å². The Labute approximate surface area is 351 Å². The van der Waals surface area contributed by atoms with E-state index in [2.05, 4.69) is 42.7 Å². The summed E-state index contributed by atoms with van der Waals surface area (Å²) in [7, 11) is -0.923. The smallest absolute Gasteiger partial charge is 0.265 e. The van der Waals surface area contributed by atoms with E-state index in [0.717, 1.165) is 24.1 Å². The number of aromatic nitrogens is 1. The summed E-state index contributed by atoms with van der Waals surface area (Å²) in [5.41, 5.74) is 1.64. The molecule has 1 aliphatic heterocycles. The Bertz CT molecular complexity index is 2410. The molecule has 1 fully saturated rings. The Hall–Kier alpha value is -4.88. The summed E-state index contributed by atoms with van der Waals surface area (Å²) in [6, 6.07) is 18.4. The van der Waals surface area contributed by atoms with E-state index in [1.54, 1.807) is 6.08 Å². The van der Waals surface area contributed by atoms with Crippen molar-refractivity contribution in [1.82, 2.24) is 15.4 Å². The lowest BCUT2D eigenvalue weighted by atomic mass is 9.58. The minimum atomic E-state index is -2.95. The van der Waals surface area contributed by atoms with Crippen LogP contribution >= 0.6 is 0 Å². The highest BCUT2D eigenvalue weighted by Gasteiger charge is 2.67. The summed E-state index contributed by atoms with van der Waals surface area (Å²) in [6.07, 6.45) is 3.55. The van der Waals surface area contributed by atoms with Crippen LogP contribution in [0.1, 0.15) is 100.0 Å². The molecule has 0 saturated carbocycles. The Morgan fingerprint density at radius 3 is 2.33 bits per heavy atom. The monoisotopic (exact) mass is 831 g/mol. The van der Waals surface area contributed by atoms with Gasteiger partial charge >= 0.3 is 0 Å². The number of carbonyl (C=O) groups is 2. The largest absolute Gasteiger partial charge is 0.508 e. The van der Waals surface area contributed by atoms with Gasteiger partial charge in [0.05, 0.1) is 11.6 Å². The van der Waals surface area contributed by atoms with Gasteiger partial charge in [-0.1, -0.05) is 87.5 Å². The number of fused-ring (bicyclic) bond motifs is 7. The van der Waals surface area contributed by atoms with Crippen molar-refractivity contribution >= 4 is 19.9 Å². The topological polar surface area (TPSA) is 123 Å². The van der Waals surface area contributed by atoms with E-state index in [0.29, 0.717) is 35.4 Å². The molecule has 0 spiro atoms. The summed E-state index contributed by atoms with van der Waals surface area (Å²) >= 11 is 0. The zero-order valence-electron chi connectivity index (χ0n) is 35.3. The van der Waals surface area contributed by atoms with Gasteiger partial charge in [0.2, 0.25) is 5.78 Å². The third kappa shape index (κ3) is 6.23. The minimum Gasteiger partial charge on any atom is -0.508 e. The first kappa shape index (κ1) is 40.5. The molecule has 0 amide bonds. The number of nitrogens with zero attached hydrogens (tertiary/aromatic N) is 2. The summed E-state index contributed by atoms with van der Waals surface area (Å²) in [5, 5.41) is 20.5. The summed E-state index contributed by atoms with van der Waals surface area (Å²) < 4.78 is 43.7. The molecule has 4 aliphatic carbocycles. The summed E-state index contributed by atoms with van der Waals surface area (Å²) in [6.45, 7) is 15.7. The van der Waals surface area contributed by atoms with Crippen LogP contribution in [0.4, 0.5) is 4.39 Å². The number of rotatable bonds is 11. The fraction of sp³-hybridized carbons (Fsp3) is 0.438. The second kappa shape index (κ2) is 14.9. The number of aliphatic hydroxyl groups excluding tert-OH is 1. The fourth-order valence-electron chi connectivity index (χ4n) is 10.3. The number of halogens is 1. The SMILES string of the molecule is C=CCN[C@@H]1c2onc(OCc3ccccc3)c2C(=O)C2(O[Si](C)(C)C(C)(C)C)C(O)=C3C(=O)c4c(c(F)c5c(c4OCc4ccccc4)CC4CCN(C)C54)C[C@H]3C[C@@H]12.